The largest absolute Gasteiger partial charge is 0.378 e. The molecule has 3 aliphatic rings. The van der Waals surface area contributed by atoms with Crippen molar-refractivity contribution in [3.05, 3.63) is 24.2 Å². The normalized spacial score (nSPS) is 24.3. The molecule has 4 heterocycles. The van der Waals surface area contributed by atoms with Crippen LogP contribution in [0.3, 0.4) is 0 Å². The highest BCUT2D eigenvalue weighted by Gasteiger charge is 2.34. The number of hydrogen-bond donors (Lipinski definition) is 0. The summed E-state index contributed by atoms with van der Waals surface area (Å²) in [5.41, 5.74) is 0.961. The van der Waals surface area contributed by atoms with Crippen molar-refractivity contribution in [2.75, 3.05) is 44.3 Å². The summed E-state index contributed by atoms with van der Waals surface area (Å²) in [6.07, 6.45) is 6.90. The zero-order chi connectivity index (χ0) is 17.3. The summed E-state index contributed by atoms with van der Waals surface area (Å²) < 4.78 is 11.1. The SMILES string of the molecule is c1cc(-c2noc([C@@H]3CCCN3CC3CC3)n2)cc(N2CCOCC2)n1. The summed E-state index contributed by atoms with van der Waals surface area (Å²) in [5, 5.41) is 4.26. The van der Waals surface area contributed by atoms with Crippen molar-refractivity contribution >= 4 is 5.82 Å². The van der Waals surface area contributed by atoms with Crippen molar-refractivity contribution in [2.24, 2.45) is 5.92 Å². The standard InChI is InChI=1S/C19H25N5O2/c1-2-16(24(7-1)13-14-3-4-14)19-21-18(22-26-19)15-5-6-20-17(12-15)23-8-10-25-11-9-23/h5-6,12,14,16H,1-4,7-11,13H2/t16-/m0/s1. The summed E-state index contributed by atoms with van der Waals surface area (Å²) in [6, 6.07) is 4.29. The van der Waals surface area contributed by atoms with Gasteiger partial charge in [0.05, 0.1) is 19.3 Å². The number of pyridine rings is 1. The molecule has 2 saturated heterocycles. The van der Waals surface area contributed by atoms with Gasteiger partial charge in [-0.05, 0) is 50.3 Å². The molecule has 0 unspecified atom stereocenters. The van der Waals surface area contributed by atoms with Crippen LogP contribution in [0.4, 0.5) is 5.82 Å². The van der Waals surface area contributed by atoms with E-state index in [1.54, 1.807) is 0 Å². The van der Waals surface area contributed by atoms with Gasteiger partial charge in [0.25, 0.3) is 0 Å². The fourth-order valence-electron chi connectivity index (χ4n) is 3.97. The zero-order valence-electron chi connectivity index (χ0n) is 15.0. The number of nitrogens with zero attached hydrogens (tertiary/aromatic N) is 5. The van der Waals surface area contributed by atoms with Crippen LogP contribution in [0.1, 0.15) is 37.6 Å². The van der Waals surface area contributed by atoms with Gasteiger partial charge >= 0.3 is 0 Å². The summed E-state index contributed by atoms with van der Waals surface area (Å²) in [5.74, 6) is 3.26. The minimum absolute atomic E-state index is 0.289. The van der Waals surface area contributed by atoms with Crippen LogP contribution in [0, 0.1) is 5.92 Å². The Morgan fingerprint density at radius 2 is 2.00 bits per heavy atom. The van der Waals surface area contributed by atoms with Crippen molar-refractivity contribution < 1.29 is 9.26 Å². The molecule has 2 aliphatic heterocycles. The van der Waals surface area contributed by atoms with E-state index in [1.807, 2.05) is 12.3 Å². The Bertz CT molecular complexity index is 754. The lowest BCUT2D eigenvalue weighted by Crippen LogP contribution is -2.36. The van der Waals surface area contributed by atoms with E-state index in [-0.39, 0.29) is 6.04 Å². The highest BCUT2D eigenvalue weighted by atomic mass is 16.5. The smallest absolute Gasteiger partial charge is 0.244 e. The second-order valence-electron chi connectivity index (χ2n) is 7.55. The summed E-state index contributed by atoms with van der Waals surface area (Å²) in [7, 11) is 0. The average Bonchev–Trinajstić information content (AvgIpc) is 3.18. The molecule has 5 rings (SSSR count). The molecular weight excluding hydrogens is 330 g/mol. The lowest BCUT2D eigenvalue weighted by molar-refractivity contribution is 0.122. The van der Waals surface area contributed by atoms with Crippen LogP contribution >= 0.6 is 0 Å². The van der Waals surface area contributed by atoms with E-state index in [2.05, 4.69) is 26.0 Å². The Morgan fingerprint density at radius 1 is 1.12 bits per heavy atom. The molecule has 7 heteroatoms. The van der Waals surface area contributed by atoms with Gasteiger partial charge in [-0.15, -0.1) is 0 Å². The fraction of sp³-hybridized carbons (Fsp3) is 0.632. The molecule has 3 fully saturated rings. The van der Waals surface area contributed by atoms with Crippen molar-refractivity contribution in [1.29, 1.82) is 0 Å². The van der Waals surface area contributed by atoms with Gasteiger partial charge < -0.3 is 14.2 Å². The predicted molar refractivity (Wildman–Crippen MR) is 96.8 cm³/mol. The van der Waals surface area contributed by atoms with Crippen LogP contribution in [-0.2, 0) is 4.74 Å². The molecule has 1 saturated carbocycles. The molecule has 7 nitrogen and oxygen atoms in total. The highest BCUT2D eigenvalue weighted by molar-refractivity contribution is 5.59. The quantitative estimate of drug-likeness (QED) is 0.816. The molecule has 0 spiro atoms. The van der Waals surface area contributed by atoms with E-state index in [4.69, 9.17) is 14.2 Å². The molecule has 1 atom stereocenters. The minimum atomic E-state index is 0.289. The van der Waals surface area contributed by atoms with Gasteiger partial charge in [0.15, 0.2) is 0 Å². The van der Waals surface area contributed by atoms with Crippen LogP contribution < -0.4 is 4.90 Å². The number of ether oxygens (including phenoxy) is 1. The third-order valence-corrected chi connectivity index (χ3v) is 5.62. The summed E-state index contributed by atoms with van der Waals surface area (Å²) >= 11 is 0. The van der Waals surface area contributed by atoms with Crippen LogP contribution in [-0.4, -0.2) is 59.4 Å². The Balaban J connectivity index is 1.34. The van der Waals surface area contributed by atoms with Gasteiger partial charge in [-0.25, -0.2) is 4.98 Å². The third kappa shape index (κ3) is 3.33. The van der Waals surface area contributed by atoms with Gasteiger partial charge in [0, 0.05) is 31.4 Å². The lowest BCUT2D eigenvalue weighted by atomic mass is 10.2. The van der Waals surface area contributed by atoms with Crippen LogP contribution in [0.25, 0.3) is 11.4 Å². The number of rotatable bonds is 5. The number of anilines is 1. The van der Waals surface area contributed by atoms with Crippen LogP contribution in [0.15, 0.2) is 22.9 Å². The summed E-state index contributed by atoms with van der Waals surface area (Å²) in [4.78, 5) is 14.0. The lowest BCUT2D eigenvalue weighted by Gasteiger charge is -2.27. The fourth-order valence-corrected chi connectivity index (χ4v) is 3.97. The van der Waals surface area contributed by atoms with Crippen LogP contribution in [0.2, 0.25) is 0 Å². The number of likely N-dealkylation sites (tertiary alicyclic amines) is 1. The van der Waals surface area contributed by atoms with Gasteiger partial charge in [0.2, 0.25) is 11.7 Å². The van der Waals surface area contributed by atoms with Gasteiger partial charge in [0.1, 0.15) is 5.82 Å². The molecule has 2 aromatic rings. The number of hydrogen-bond acceptors (Lipinski definition) is 7. The first kappa shape index (κ1) is 16.2. The molecule has 0 bridgehead atoms. The van der Waals surface area contributed by atoms with E-state index in [1.165, 1.54) is 25.8 Å². The maximum Gasteiger partial charge on any atom is 0.244 e. The topological polar surface area (TPSA) is 67.5 Å². The van der Waals surface area contributed by atoms with Gasteiger partial charge in [-0.1, -0.05) is 5.16 Å². The van der Waals surface area contributed by atoms with E-state index < -0.39 is 0 Å². The van der Waals surface area contributed by atoms with Crippen molar-refractivity contribution in [3.63, 3.8) is 0 Å². The first-order valence-corrected chi connectivity index (χ1v) is 9.73. The Hall–Kier alpha value is -1.99. The first-order chi connectivity index (χ1) is 12.9. The Kier molecular flexibility index (Phi) is 4.34. The molecular formula is C19H25N5O2. The maximum atomic E-state index is 5.66. The molecule has 138 valence electrons. The average molecular weight is 355 g/mol. The molecule has 0 aromatic carbocycles. The van der Waals surface area contributed by atoms with Crippen LogP contribution in [0.5, 0.6) is 0 Å². The molecule has 2 aromatic heterocycles. The summed E-state index contributed by atoms with van der Waals surface area (Å²) in [6.45, 7) is 5.56. The second-order valence-corrected chi connectivity index (χ2v) is 7.55. The minimum Gasteiger partial charge on any atom is -0.378 e. The van der Waals surface area contributed by atoms with Crippen molar-refractivity contribution in [1.82, 2.24) is 20.0 Å². The van der Waals surface area contributed by atoms with Gasteiger partial charge in [-0.2, -0.15) is 4.98 Å². The highest BCUT2D eigenvalue weighted by Crippen LogP contribution is 2.37. The van der Waals surface area contributed by atoms with E-state index >= 15 is 0 Å². The maximum absolute atomic E-state index is 5.66. The predicted octanol–water partition coefficient (Wildman–Crippen LogP) is 2.52. The van der Waals surface area contributed by atoms with E-state index in [0.717, 1.165) is 62.5 Å². The van der Waals surface area contributed by atoms with Gasteiger partial charge in [-0.3, -0.25) is 4.90 Å². The monoisotopic (exact) mass is 355 g/mol. The molecule has 0 amide bonds. The van der Waals surface area contributed by atoms with E-state index in [0.29, 0.717) is 5.82 Å². The molecule has 0 N–H and O–H groups in total. The molecule has 0 radical (unpaired) electrons. The first-order valence-electron chi connectivity index (χ1n) is 9.73. The number of aromatic nitrogens is 3. The Morgan fingerprint density at radius 3 is 2.85 bits per heavy atom. The molecule has 1 aliphatic carbocycles. The molecule has 26 heavy (non-hydrogen) atoms. The second kappa shape index (κ2) is 6.96. The number of morpholine rings is 1. The van der Waals surface area contributed by atoms with Crippen molar-refractivity contribution in [3.8, 4) is 11.4 Å². The third-order valence-electron chi connectivity index (χ3n) is 5.62. The Labute approximate surface area is 153 Å². The van der Waals surface area contributed by atoms with E-state index in [9.17, 15) is 0 Å². The van der Waals surface area contributed by atoms with Crippen molar-refractivity contribution in [2.45, 2.75) is 31.7 Å². The zero-order valence-corrected chi connectivity index (χ0v) is 15.0.